The number of aromatic nitrogens is 1. The number of rotatable bonds is 1. The molecule has 1 fully saturated rings. The number of nitrogens with zero attached hydrogens (tertiary/aromatic N) is 2. The molecule has 2 nitrogen and oxygen atoms in total. The summed E-state index contributed by atoms with van der Waals surface area (Å²) in [5, 5.41) is 1.23. The van der Waals surface area contributed by atoms with Crippen molar-refractivity contribution < 1.29 is 0 Å². The fourth-order valence-electron chi connectivity index (χ4n) is 2.41. The Morgan fingerprint density at radius 3 is 2.65 bits per heavy atom. The molecule has 0 N–H and O–H groups in total. The summed E-state index contributed by atoms with van der Waals surface area (Å²) in [6, 6.07) is 10.6. The minimum atomic E-state index is 1.11. The van der Waals surface area contributed by atoms with E-state index in [2.05, 4.69) is 57.8 Å². The molecule has 0 saturated carbocycles. The van der Waals surface area contributed by atoms with E-state index in [-0.39, 0.29) is 0 Å². The van der Waals surface area contributed by atoms with E-state index in [0.29, 0.717) is 0 Å². The maximum atomic E-state index is 4.82. The van der Waals surface area contributed by atoms with Gasteiger partial charge >= 0.3 is 0 Å². The summed E-state index contributed by atoms with van der Waals surface area (Å²) in [5.41, 5.74) is 1.11. The van der Waals surface area contributed by atoms with E-state index >= 15 is 0 Å². The third-order valence-electron chi connectivity index (χ3n) is 3.31. The lowest BCUT2D eigenvalue weighted by molar-refractivity contribution is 0.573. The zero-order chi connectivity index (χ0) is 11.7. The van der Waals surface area contributed by atoms with Gasteiger partial charge in [-0.15, -0.1) is 0 Å². The normalized spacial score (nSPS) is 16.4. The number of hydrogen-bond acceptors (Lipinski definition) is 2. The second-order valence-corrected chi connectivity index (χ2v) is 5.70. The minimum absolute atomic E-state index is 1.11. The molecule has 1 aromatic heterocycles. The first-order chi connectivity index (χ1) is 8.34. The van der Waals surface area contributed by atoms with Gasteiger partial charge in [0.25, 0.3) is 0 Å². The maximum Gasteiger partial charge on any atom is 0.142 e. The predicted octanol–water partition coefficient (Wildman–Crippen LogP) is 3.83. The summed E-state index contributed by atoms with van der Waals surface area (Å²) >= 11 is 2.41. The molecule has 3 heteroatoms. The van der Waals surface area contributed by atoms with Gasteiger partial charge in [0.2, 0.25) is 0 Å². The Balaban J connectivity index is 2.06. The van der Waals surface area contributed by atoms with E-state index in [1.165, 1.54) is 34.0 Å². The third-order valence-corrected chi connectivity index (χ3v) is 4.11. The van der Waals surface area contributed by atoms with Gasteiger partial charge in [-0.3, -0.25) is 0 Å². The second-order valence-electron chi connectivity index (χ2n) is 4.53. The van der Waals surface area contributed by atoms with E-state index in [1.54, 1.807) is 0 Å². The largest absolute Gasteiger partial charge is 0.356 e. The summed E-state index contributed by atoms with van der Waals surface area (Å²) in [4.78, 5) is 7.25. The van der Waals surface area contributed by atoms with Crippen LogP contribution in [0.1, 0.15) is 19.3 Å². The Bertz CT molecular complexity index is 533. The molecule has 0 unspecified atom stereocenters. The van der Waals surface area contributed by atoms with Crippen molar-refractivity contribution in [3.63, 3.8) is 0 Å². The van der Waals surface area contributed by atoms with E-state index in [0.717, 1.165) is 18.6 Å². The number of anilines is 1. The number of fused-ring (bicyclic) bond motifs is 1. The zero-order valence-electron chi connectivity index (χ0n) is 9.69. The van der Waals surface area contributed by atoms with Crippen molar-refractivity contribution in [2.24, 2.45) is 0 Å². The van der Waals surface area contributed by atoms with Crippen LogP contribution >= 0.6 is 22.6 Å². The first-order valence-corrected chi connectivity index (χ1v) is 7.23. The Labute approximate surface area is 115 Å². The topological polar surface area (TPSA) is 16.1 Å². The minimum Gasteiger partial charge on any atom is -0.356 e. The number of piperidine rings is 1. The quantitative estimate of drug-likeness (QED) is 0.735. The molecule has 2 aromatic rings. The molecule has 1 aromatic carbocycles. The van der Waals surface area contributed by atoms with Gasteiger partial charge < -0.3 is 4.90 Å². The van der Waals surface area contributed by atoms with E-state index in [4.69, 9.17) is 4.98 Å². The average molecular weight is 338 g/mol. The SMILES string of the molecule is Ic1cc2ccccc2nc1N1CCCCC1. The summed E-state index contributed by atoms with van der Waals surface area (Å²) < 4.78 is 1.27. The fourth-order valence-corrected chi connectivity index (χ4v) is 3.20. The second kappa shape index (κ2) is 4.80. The Kier molecular flexibility index (Phi) is 3.18. The predicted molar refractivity (Wildman–Crippen MR) is 80.5 cm³/mol. The monoisotopic (exact) mass is 338 g/mol. The lowest BCUT2D eigenvalue weighted by atomic mass is 10.1. The highest BCUT2D eigenvalue weighted by Crippen LogP contribution is 2.27. The van der Waals surface area contributed by atoms with E-state index < -0.39 is 0 Å². The molecule has 2 heterocycles. The smallest absolute Gasteiger partial charge is 0.142 e. The summed E-state index contributed by atoms with van der Waals surface area (Å²) in [6.07, 6.45) is 3.95. The summed E-state index contributed by atoms with van der Waals surface area (Å²) in [7, 11) is 0. The lowest BCUT2D eigenvalue weighted by Crippen LogP contribution is -2.30. The lowest BCUT2D eigenvalue weighted by Gasteiger charge is -2.28. The van der Waals surface area contributed by atoms with Crippen molar-refractivity contribution in [2.75, 3.05) is 18.0 Å². The van der Waals surface area contributed by atoms with E-state index in [9.17, 15) is 0 Å². The molecule has 0 atom stereocenters. The molecule has 88 valence electrons. The first kappa shape index (κ1) is 11.3. The molecule has 1 saturated heterocycles. The Morgan fingerprint density at radius 2 is 1.82 bits per heavy atom. The number of hydrogen-bond donors (Lipinski definition) is 0. The van der Waals surface area contributed by atoms with Gasteiger partial charge in [-0.05, 0) is 54.0 Å². The van der Waals surface area contributed by atoms with Gasteiger partial charge in [0.05, 0.1) is 9.09 Å². The molecule has 1 aliphatic heterocycles. The van der Waals surface area contributed by atoms with Crippen LogP contribution in [0.15, 0.2) is 30.3 Å². The van der Waals surface area contributed by atoms with Crippen molar-refractivity contribution in [3.8, 4) is 0 Å². The van der Waals surface area contributed by atoms with Crippen molar-refractivity contribution in [1.82, 2.24) is 4.98 Å². The van der Waals surface area contributed by atoms with Gasteiger partial charge in [-0.1, -0.05) is 18.2 Å². The maximum absolute atomic E-state index is 4.82. The molecule has 0 bridgehead atoms. The molecule has 1 aliphatic rings. The number of para-hydroxylation sites is 1. The van der Waals surface area contributed by atoms with Crippen LogP contribution in [0.5, 0.6) is 0 Å². The number of pyridine rings is 1. The molecule has 17 heavy (non-hydrogen) atoms. The molecule has 0 spiro atoms. The van der Waals surface area contributed by atoms with Crippen molar-refractivity contribution >= 4 is 39.3 Å². The highest BCUT2D eigenvalue weighted by molar-refractivity contribution is 14.1. The third kappa shape index (κ3) is 2.25. The molecular weight excluding hydrogens is 323 g/mol. The standard InChI is InChI=1S/C14H15IN2/c15-12-10-11-6-2-3-7-13(11)16-14(12)17-8-4-1-5-9-17/h2-3,6-7,10H,1,4-5,8-9H2. The molecule has 3 rings (SSSR count). The average Bonchev–Trinajstić information content (AvgIpc) is 2.39. The first-order valence-electron chi connectivity index (χ1n) is 6.15. The van der Waals surface area contributed by atoms with Gasteiger partial charge in [0, 0.05) is 18.5 Å². The van der Waals surface area contributed by atoms with Gasteiger partial charge in [-0.2, -0.15) is 0 Å². The van der Waals surface area contributed by atoms with Gasteiger partial charge in [-0.25, -0.2) is 4.98 Å². The molecule has 0 aliphatic carbocycles. The summed E-state index contributed by atoms with van der Waals surface area (Å²) in [5.74, 6) is 1.17. The van der Waals surface area contributed by atoms with Crippen molar-refractivity contribution in [1.29, 1.82) is 0 Å². The van der Waals surface area contributed by atoms with E-state index in [1.807, 2.05) is 0 Å². The Hall–Kier alpha value is -0.840. The van der Waals surface area contributed by atoms with Crippen LogP contribution in [0.2, 0.25) is 0 Å². The van der Waals surface area contributed by atoms with Crippen LogP contribution in [0.25, 0.3) is 10.9 Å². The fraction of sp³-hybridized carbons (Fsp3) is 0.357. The highest BCUT2D eigenvalue weighted by atomic mass is 127. The van der Waals surface area contributed by atoms with Crippen LogP contribution in [-0.4, -0.2) is 18.1 Å². The van der Waals surface area contributed by atoms with Crippen LogP contribution < -0.4 is 4.90 Å². The number of halogens is 1. The molecule has 0 amide bonds. The van der Waals surface area contributed by atoms with Crippen LogP contribution in [0, 0.1) is 3.57 Å². The van der Waals surface area contributed by atoms with Crippen LogP contribution in [-0.2, 0) is 0 Å². The summed E-state index contributed by atoms with van der Waals surface area (Å²) in [6.45, 7) is 2.31. The van der Waals surface area contributed by atoms with Crippen LogP contribution in [0.3, 0.4) is 0 Å². The van der Waals surface area contributed by atoms with Gasteiger partial charge in [0.15, 0.2) is 0 Å². The van der Waals surface area contributed by atoms with Crippen LogP contribution in [0.4, 0.5) is 5.82 Å². The Morgan fingerprint density at radius 1 is 1.06 bits per heavy atom. The van der Waals surface area contributed by atoms with Crippen molar-refractivity contribution in [2.45, 2.75) is 19.3 Å². The molecular formula is C14H15IN2. The zero-order valence-corrected chi connectivity index (χ0v) is 11.9. The van der Waals surface area contributed by atoms with Gasteiger partial charge in [0.1, 0.15) is 5.82 Å². The number of benzene rings is 1. The highest BCUT2D eigenvalue weighted by Gasteiger charge is 2.15. The van der Waals surface area contributed by atoms with Crippen molar-refractivity contribution in [3.05, 3.63) is 33.9 Å². The molecule has 0 radical (unpaired) electrons.